The Labute approximate surface area is 210 Å². The van der Waals surface area contributed by atoms with E-state index in [4.69, 9.17) is 14.2 Å². The Morgan fingerprint density at radius 1 is 1.00 bits per heavy atom. The van der Waals surface area contributed by atoms with Gasteiger partial charge in [-0.15, -0.1) is 0 Å². The molecule has 0 atom stereocenters. The molecule has 34 heavy (non-hydrogen) atoms. The van der Waals surface area contributed by atoms with Crippen molar-refractivity contribution in [3.05, 3.63) is 50.8 Å². The topological polar surface area (TPSA) is 77.1 Å². The number of halogens is 1. The Bertz CT molecular complexity index is 926. The summed E-state index contributed by atoms with van der Waals surface area (Å²) >= 11 is 3.63. The Kier molecular flexibility index (Phi) is 9.59. The SMILES string of the molecule is CCOC(=O)C1=C(C)NC(C)=C(C(=O)OCC)C1c1ccc(OCCN2CCCCC2)c(Br)c1. The Hall–Kier alpha value is -2.32. The number of nitrogens with zero attached hydrogens (tertiary/aromatic N) is 1. The Balaban J connectivity index is 1.88. The summed E-state index contributed by atoms with van der Waals surface area (Å²) in [6.45, 7) is 11.4. The lowest BCUT2D eigenvalue weighted by Crippen LogP contribution is -2.33. The molecule has 2 aliphatic rings. The first-order chi connectivity index (χ1) is 16.4. The van der Waals surface area contributed by atoms with Crippen LogP contribution in [0.5, 0.6) is 5.75 Å². The summed E-state index contributed by atoms with van der Waals surface area (Å²) in [6.07, 6.45) is 3.81. The van der Waals surface area contributed by atoms with Crippen LogP contribution in [0, 0.1) is 0 Å². The van der Waals surface area contributed by atoms with Gasteiger partial charge >= 0.3 is 11.9 Å². The van der Waals surface area contributed by atoms with Crippen LogP contribution in [0.4, 0.5) is 0 Å². The van der Waals surface area contributed by atoms with Crippen LogP contribution in [0.2, 0.25) is 0 Å². The van der Waals surface area contributed by atoms with Gasteiger partial charge in [-0.25, -0.2) is 9.59 Å². The summed E-state index contributed by atoms with van der Waals surface area (Å²) < 4.78 is 17.5. The van der Waals surface area contributed by atoms with Crippen LogP contribution in [-0.2, 0) is 19.1 Å². The van der Waals surface area contributed by atoms with Gasteiger partial charge in [0.25, 0.3) is 0 Å². The minimum atomic E-state index is -0.613. The van der Waals surface area contributed by atoms with E-state index in [0.717, 1.165) is 35.4 Å². The highest BCUT2D eigenvalue weighted by Crippen LogP contribution is 2.41. The van der Waals surface area contributed by atoms with E-state index in [1.54, 1.807) is 13.8 Å². The van der Waals surface area contributed by atoms with Crippen molar-refractivity contribution in [1.29, 1.82) is 0 Å². The first-order valence-electron chi connectivity index (χ1n) is 12.0. The maximum Gasteiger partial charge on any atom is 0.336 e. The third-order valence-electron chi connectivity index (χ3n) is 6.15. The normalized spacial score (nSPS) is 17.4. The van der Waals surface area contributed by atoms with E-state index in [-0.39, 0.29) is 13.2 Å². The molecule has 0 saturated carbocycles. The third-order valence-corrected chi connectivity index (χ3v) is 6.77. The molecule has 7 nitrogen and oxygen atoms in total. The molecule has 2 heterocycles. The molecule has 0 aromatic heterocycles. The highest BCUT2D eigenvalue weighted by Gasteiger charge is 2.38. The first kappa shape index (κ1) is 26.3. The molecule has 0 bridgehead atoms. The molecule has 0 spiro atoms. The predicted molar refractivity (Wildman–Crippen MR) is 134 cm³/mol. The van der Waals surface area contributed by atoms with Crippen molar-refractivity contribution in [2.75, 3.05) is 39.5 Å². The minimum Gasteiger partial charge on any atom is -0.491 e. The molecule has 186 valence electrons. The van der Waals surface area contributed by atoms with E-state index >= 15 is 0 Å². The second kappa shape index (κ2) is 12.4. The van der Waals surface area contributed by atoms with Crippen LogP contribution in [0.25, 0.3) is 0 Å². The lowest BCUT2D eigenvalue weighted by Gasteiger charge is -2.30. The van der Waals surface area contributed by atoms with Crippen molar-refractivity contribution in [2.45, 2.75) is 52.9 Å². The van der Waals surface area contributed by atoms with Gasteiger partial charge in [0, 0.05) is 17.9 Å². The molecule has 1 aromatic rings. The average molecular weight is 535 g/mol. The fourth-order valence-corrected chi connectivity index (χ4v) is 5.08. The molecule has 1 N–H and O–H groups in total. The van der Waals surface area contributed by atoms with E-state index in [1.165, 1.54) is 19.3 Å². The van der Waals surface area contributed by atoms with E-state index in [1.807, 2.05) is 32.0 Å². The van der Waals surface area contributed by atoms with Crippen molar-refractivity contribution in [2.24, 2.45) is 0 Å². The van der Waals surface area contributed by atoms with Gasteiger partial charge in [0.1, 0.15) is 12.4 Å². The zero-order chi connectivity index (χ0) is 24.7. The molecule has 0 unspecified atom stereocenters. The van der Waals surface area contributed by atoms with Crippen LogP contribution in [0.3, 0.4) is 0 Å². The van der Waals surface area contributed by atoms with E-state index in [9.17, 15) is 9.59 Å². The number of esters is 2. The third kappa shape index (κ3) is 6.21. The molecular weight excluding hydrogens is 500 g/mol. The first-order valence-corrected chi connectivity index (χ1v) is 12.8. The molecule has 8 heteroatoms. The molecule has 1 saturated heterocycles. The lowest BCUT2D eigenvalue weighted by atomic mass is 9.80. The maximum atomic E-state index is 12.9. The van der Waals surface area contributed by atoms with Crippen LogP contribution in [0.1, 0.15) is 58.4 Å². The van der Waals surface area contributed by atoms with E-state index in [2.05, 4.69) is 26.1 Å². The smallest absolute Gasteiger partial charge is 0.336 e. The van der Waals surface area contributed by atoms with Crippen molar-refractivity contribution >= 4 is 27.9 Å². The van der Waals surface area contributed by atoms with Crippen molar-refractivity contribution in [1.82, 2.24) is 10.2 Å². The van der Waals surface area contributed by atoms with Gasteiger partial charge in [-0.1, -0.05) is 12.5 Å². The number of hydrogen-bond acceptors (Lipinski definition) is 7. The second-order valence-electron chi connectivity index (χ2n) is 8.52. The number of allylic oxidation sites excluding steroid dienone is 2. The Morgan fingerprint density at radius 2 is 1.59 bits per heavy atom. The molecule has 1 fully saturated rings. The highest BCUT2D eigenvalue weighted by molar-refractivity contribution is 9.10. The van der Waals surface area contributed by atoms with Gasteiger partial charge in [-0.3, -0.25) is 4.90 Å². The summed E-state index contributed by atoms with van der Waals surface area (Å²) in [4.78, 5) is 28.3. The number of benzene rings is 1. The molecule has 3 rings (SSSR count). The number of carbonyl (C=O) groups is 2. The fourth-order valence-electron chi connectivity index (χ4n) is 4.57. The van der Waals surface area contributed by atoms with Gasteiger partial charge in [0.05, 0.1) is 34.8 Å². The number of nitrogens with one attached hydrogen (secondary N) is 1. The number of hydrogen-bond donors (Lipinski definition) is 1. The van der Waals surface area contributed by atoms with Crippen molar-refractivity contribution < 1.29 is 23.8 Å². The zero-order valence-corrected chi connectivity index (χ0v) is 22.1. The number of dihydropyridines is 1. The van der Waals surface area contributed by atoms with E-state index in [0.29, 0.717) is 29.1 Å². The van der Waals surface area contributed by atoms with Gasteiger partial charge < -0.3 is 19.5 Å². The number of carbonyl (C=O) groups excluding carboxylic acids is 2. The molecule has 0 aliphatic carbocycles. The standard InChI is InChI=1S/C26H35BrN2O5/c1-5-32-25(30)22-17(3)28-18(4)23(26(31)33-6-2)24(22)19-10-11-21(20(27)16-19)34-15-14-29-12-8-7-9-13-29/h10-11,16,24,28H,5-9,12-15H2,1-4H3. The molecular formula is C26H35BrN2O5. The number of rotatable bonds is 9. The second-order valence-corrected chi connectivity index (χ2v) is 9.37. The highest BCUT2D eigenvalue weighted by atomic mass is 79.9. The molecule has 0 radical (unpaired) electrons. The quantitative estimate of drug-likeness (QED) is 0.461. The number of likely N-dealkylation sites (tertiary alicyclic amines) is 1. The monoisotopic (exact) mass is 534 g/mol. The van der Waals surface area contributed by atoms with Gasteiger partial charge in [-0.05, 0) is 87.3 Å². The maximum absolute atomic E-state index is 12.9. The fraction of sp³-hybridized carbons (Fsp3) is 0.538. The number of piperidine rings is 1. The summed E-state index contributed by atoms with van der Waals surface area (Å²) in [5, 5.41) is 3.16. The molecule has 1 aromatic carbocycles. The van der Waals surface area contributed by atoms with Gasteiger partial charge in [0.2, 0.25) is 0 Å². The van der Waals surface area contributed by atoms with E-state index < -0.39 is 17.9 Å². The summed E-state index contributed by atoms with van der Waals surface area (Å²) in [6, 6.07) is 5.69. The van der Waals surface area contributed by atoms with Crippen LogP contribution < -0.4 is 10.1 Å². The summed E-state index contributed by atoms with van der Waals surface area (Å²) in [5.74, 6) is -0.793. The Morgan fingerprint density at radius 3 is 2.12 bits per heavy atom. The van der Waals surface area contributed by atoms with Gasteiger partial charge in [0.15, 0.2) is 0 Å². The lowest BCUT2D eigenvalue weighted by molar-refractivity contribution is -0.139. The minimum absolute atomic E-state index is 0.243. The zero-order valence-electron chi connectivity index (χ0n) is 20.5. The average Bonchev–Trinajstić information content (AvgIpc) is 2.80. The summed E-state index contributed by atoms with van der Waals surface area (Å²) in [5.41, 5.74) is 2.91. The number of ether oxygens (including phenoxy) is 3. The largest absolute Gasteiger partial charge is 0.491 e. The molecule has 0 amide bonds. The van der Waals surface area contributed by atoms with Crippen LogP contribution in [-0.4, -0.2) is 56.3 Å². The van der Waals surface area contributed by atoms with Crippen LogP contribution in [0.15, 0.2) is 45.2 Å². The van der Waals surface area contributed by atoms with Crippen LogP contribution >= 0.6 is 15.9 Å². The van der Waals surface area contributed by atoms with Crippen molar-refractivity contribution in [3.8, 4) is 5.75 Å². The van der Waals surface area contributed by atoms with Crippen molar-refractivity contribution in [3.63, 3.8) is 0 Å². The molecule has 2 aliphatic heterocycles. The summed E-state index contributed by atoms with van der Waals surface area (Å²) in [7, 11) is 0. The predicted octanol–water partition coefficient (Wildman–Crippen LogP) is 4.67. The van der Waals surface area contributed by atoms with Gasteiger partial charge in [-0.2, -0.15) is 0 Å².